The van der Waals surface area contributed by atoms with Gasteiger partial charge in [-0.15, -0.1) is 0 Å². The first kappa shape index (κ1) is 24.1. The summed E-state index contributed by atoms with van der Waals surface area (Å²) < 4.78 is 2.24. The highest BCUT2D eigenvalue weighted by Crippen LogP contribution is 2.38. The number of fused-ring (bicyclic) bond motifs is 6. The summed E-state index contributed by atoms with van der Waals surface area (Å²) in [6, 6.07) is 52.1. The topological polar surface area (TPSA) is 33.1 Å². The number of hydrogen-bond donors (Lipinski definition) is 0. The van der Waals surface area contributed by atoms with Crippen LogP contribution in [0.15, 0.2) is 140 Å². The van der Waals surface area contributed by atoms with Crippen molar-refractivity contribution in [3.8, 4) is 22.9 Å². The highest BCUT2D eigenvalue weighted by molar-refractivity contribution is 7.22. The molecule has 4 heteroatoms. The lowest BCUT2D eigenvalue weighted by molar-refractivity contribution is 1.18. The van der Waals surface area contributed by atoms with Gasteiger partial charge in [0.25, 0.3) is 0 Å². The summed E-state index contributed by atoms with van der Waals surface area (Å²) in [5.41, 5.74) is 6.36. The quantitative estimate of drug-likeness (QED) is 0.181. The monoisotopic (exact) mass is 549 g/mol. The van der Waals surface area contributed by atoms with Crippen molar-refractivity contribution in [1.82, 2.24) is 4.57 Å². The first-order valence-corrected chi connectivity index (χ1v) is 16.0. The summed E-state index contributed by atoms with van der Waals surface area (Å²) in [6.07, 6.45) is 0. The number of hydrogen-bond acceptors (Lipinski definition) is 1. The van der Waals surface area contributed by atoms with E-state index in [1.54, 1.807) is 6.07 Å². The summed E-state index contributed by atoms with van der Waals surface area (Å²) in [4.78, 5) is 3.56. The van der Waals surface area contributed by atoms with E-state index in [4.69, 9.17) is 6.57 Å². The zero-order valence-corrected chi connectivity index (χ0v) is 23.6. The van der Waals surface area contributed by atoms with Crippen molar-refractivity contribution in [1.29, 1.82) is 5.26 Å². The van der Waals surface area contributed by atoms with Crippen molar-refractivity contribution in [2.75, 3.05) is 0 Å². The molecule has 0 atom stereocenters. The Labute approximate surface area is 245 Å². The third-order valence-electron chi connectivity index (χ3n) is 8.73. The van der Waals surface area contributed by atoms with Crippen LogP contribution < -0.4 is 20.7 Å². The standard InChI is InChI=1S/C38H23N3Si/c1-40-34-21-20-27(22-26(34)25-39)41-35-18-10-8-16-30(35)32-24-38-33(23-36(32)41)31-17-9-11-19-37(31)42(38,28-12-4-2-5-13-28)29-14-6-3-7-15-29/h2-24H. The van der Waals surface area contributed by atoms with Gasteiger partial charge in [0, 0.05) is 16.5 Å². The van der Waals surface area contributed by atoms with Crippen molar-refractivity contribution < 1.29 is 0 Å². The predicted molar refractivity (Wildman–Crippen MR) is 174 cm³/mol. The van der Waals surface area contributed by atoms with E-state index in [0.29, 0.717) is 11.3 Å². The Morgan fingerprint density at radius 2 is 1.26 bits per heavy atom. The minimum absolute atomic E-state index is 0.373. The summed E-state index contributed by atoms with van der Waals surface area (Å²) in [5.74, 6) is 0. The Bertz CT molecular complexity index is 2230. The minimum Gasteiger partial charge on any atom is -0.309 e. The Hall–Kier alpha value is -5.68. The average molecular weight is 550 g/mol. The molecule has 0 saturated heterocycles. The zero-order valence-electron chi connectivity index (χ0n) is 22.6. The van der Waals surface area contributed by atoms with Gasteiger partial charge < -0.3 is 4.57 Å². The van der Waals surface area contributed by atoms with Gasteiger partial charge >= 0.3 is 0 Å². The molecule has 2 heterocycles. The Kier molecular flexibility index (Phi) is 5.28. The lowest BCUT2D eigenvalue weighted by Gasteiger charge is -2.31. The number of rotatable bonds is 3. The van der Waals surface area contributed by atoms with E-state index >= 15 is 0 Å². The maximum atomic E-state index is 9.81. The summed E-state index contributed by atoms with van der Waals surface area (Å²) in [6.45, 7) is 7.50. The van der Waals surface area contributed by atoms with Gasteiger partial charge in [0.1, 0.15) is 0 Å². The highest BCUT2D eigenvalue weighted by atomic mass is 28.3. The van der Waals surface area contributed by atoms with Crippen molar-refractivity contribution >= 4 is 56.3 Å². The largest absolute Gasteiger partial charge is 0.309 e. The first-order chi connectivity index (χ1) is 20.8. The number of para-hydroxylation sites is 1. The lowest BCUT2D eigenvalue weighted by Crippen LogP contribution is -2.72. The molecule has 0 amide bonds. The SMILES string of the molecule is [C-]#[N+]c1ccc(-n2c3ccccc3c3cc4c(cc32)-c2ccccc2[Si]4(c2ccccc2)c2ccccc2)cc1C#N. The molecular weight excluding hydrogens is 527 g/mol. The average Bonchev–Trinajstić information content (AvgIpc) is 3.54. The second-order valence-electron chi connectivity index (χ2n) is 10.7. The van der Waals surface area contributed by atoms with Crippen LogP contribution >= 0.6 is 0 Å². The molecule has 194 valence electrons. The van der Waals surface area contributed by atoms with Crippen molar-refractivity contribution in [2.24, 2.45) is 0 Å². The van der Waals surface area contributed by atoms with Crippen molar-refractivity contribution in [2.45, 2.75) is 0 Å². The van der Waals surface area contributed by atoms with Crippen molar-refractivity contribution in [3.05, 3.63) is 157 Å². The predicted octanol–water partition coefficient (Wildman–Crippen LogP) is 6.56. The zero-order chi connectivity index (χ0) is 28.3. The molecule has 0 saturated carbocycles. The third kappa shape index (κ3) is 3.19. The number of aromatic nitrogens is 1. The molecule has 6 aromatic carbocycles. The van der Waals surface area contributed by atoms with Gasteiger partial charge in [0.2, 0.25) is 5.69 Å². The highest BCUT2D eigenvalue weighted by Gasteiger charge is 2.48. The van der Waals surface area contributed by atoms with E-state index < -0.39 is 8.07 Å². The molecule has 0 N–H and O–H groups in total. The van der Waals surface area contributed by atoms with Gasteiger partial charge in [0.05, 0.1) is 29.2 Å². The van der Waals surface area contributed by atoms with E-state index in [1.807, 2.05) is 12.1 Å². The van der Waals surface area contributed by atoms with E-state index in [9.17, 15) is 5.26 Å². The molecule has 0 spiro atoms. The van der Waals surface area contributed by atoms with Crippen LogP contribution in [0.4, 0.5) is 5.69 Å². The number of nitrogens with zero attached hydrogens (tertiary/aromatic N) is 3. The normalized spacial score (nSPS) is 12.9. The van der Waals surface area contributed by atoms with Crippen molar-refractivity contribution in [3.63, 3.8) is 0 Å². The van der Waals surface area contributed by atoms with Crippen LogP contribution in [0.2, 0.25) is 0 Å². The van der Waals surface area contributed by atoms with Crippen LogP contribution in [-0.4, -0.2) is 12.6 Å². The summed E-state index contributed by atoms with van der Waals surface area (Å²) in [5, 5.41) is 17.7. The van der Waals surface area contributed by atoms with Crippen LogP contribution in [0, 0.1) is 17.9 Å². The molecule has 1 aromatic heterocycles. The first-order valence-electron chi connectivity index (χ1n) is 14.0. The summed E-state index contributed by atoms with van der Waals surface area (Å²) >= 11 is 0. The van der Waals surface area contributed by atoms with Gasteiger partial charge in [-0.3, -0.25) is 0 Å². The van der Waals surface area contributed by atoms with Crippen LogP contribution in [0.5, 0.6) is 0 Å². The molecule has 8 rings (SSSR count). The molecule has 0 bridgehead atoms. The van der Waals surface area contributed by atoms with Gasteiger partial charge in [-0.25, -0.2) is 4.85 Å². The Morgan fingerprint density at radius 1 is 0.595 bits per heavy atom. The minimum atomic E-state index is -2.61. The maximum Gasteiger partial charge on any atom is 0.204 e. The van der Waals surface area contributed by atoms with Gasteiger partial charge in [-0.2, -0.15) is 5.26 Å². The van der Waals surface area contributed by atoms with Gasteiger partial charge in [-0.05, 0) is 56.1 Å². The van der Waals surface area contributed by atoms with Crippen LogP contribution in [0.1, 0.15) is 5.56 Å². The number of nitriles is 1. The maximum absolute atomic E-state index is 9.81. The van der Waals surface area contributed by atoms with Gasteiger partial charge in [0.15, 0.2) is 8.07 Å². The summed E-state index contributed by atoms with van der Waals surface area (Å²) in [7, 11) is -2.61. The van der Waals surface area contributed by atoms with E-state index in [2.05, 4.69) is 137 Å². The molecule has 0 fully saturated rings. The fourth-order valence-corrected chi connectivity index (χ4v) is 12.2. The van der Waals surface area contributed by atoms with E-state index in [0.717, 1.165) is 16.7 Å². The second kappa shape index (κ2) is 9.18. The second-order valence-corrected chi connectivity index (χ2v) is 14.5. The van der Waals surface area contributed by atoms with Gasteiger partial charge in [-0.1, -0.05) is 115 Å². The molecule has 42 heavy (non-hydrogen) atoms. The Morgan fingerprint density at radius 3 is 1.98 bits per heavy atom. The van der Waals surface area contributed by atoms with E-state index in [1.165, 1.54) is 42.6 Å². The third-order valence-corrected chi connectivity index (χ3v) is 13.6. The smallest absolute Gasteiger partial charge is 0.204 e. The van der Waals surface area contributed by atoms with Crippen LogP contribution in [0.25, 0.3) is 43.5 Å². The van der Waals surface area contributed by atoms with Crippen LogP contribution in [0.3, 0.4) is 0 Å². The number of benzene rings is 6. The van der Waals surface area contributed by atoms with E-state index in [-0.39, 0.29) is 0 Å². The Balaban J connectivity index is 1.54. The molecule has 1 aliphatic rings. The molecule has 3 nitrogen and oxygen atoms in total. The van der Waals surface area contributed by atoms with Crippen LogP contribution in [-0.2, 0) is 0 Å². The molecule has 0 unspecified atom stereocenters. The molecule has 7 aromatic rings. The fourth-order valence-electron chi connectivity index (χ4n) is 7.03. The molecule has 0 aliphatic carbocycles. The molecular formula is C38H23N3Si. The molecule has 1 aliphatic heterocycles. The molecule has 0 radical (unpaired) electrons. The fraction of sp³-hybridized carbons (Fsp3) is 0. The lowest BCUT2D eigenvalue weighted by atomic mass is 10.0.